The highest BCUT2D eigenvalue weighted by Gasteiger charge is 2.35. The van der Waals surface area contributed by atoms with Gasteiger partial charge in [-0.3, -0.25) is 9.59 Å². The first-order chi connectivity index (χ1) is 9.13. The van der Waals surface area contributed by atoms with Gasteiger partial charge in [-0.15, -0.1) is 0 Å². The van der Waals surface area contributed by atoms with Crippen LogP contribution in [0.5, 0.6) is 0 Å². The SMILES string of the molecule is CCOC(=O)C1CCN(C(=O)C2CCCC2N)CC1. The van der Waals surface area contributed by atoms with Crippen LogP contribution < -0.4 is 5.73 Å². The van der Waals surface area contributed by atoms with Gasteiger partial charge in [0.25, 0.3) is 0 Å². The molecule has 2 rings (SSSR count). The lowest BCUT2D eigenvalue weighted by atomic mass is 9.94. The van der Waals surface area contributed by atoms with Crippen LogP contribution in [0.1, 0.15) is 39.0 Å². The molecule has 0 spiro atoms. The van der Waals surface area contributed by atoms with E-state index in [0.29, 0.717) is 32.5 Å². The third kappa shape index (κ3) is 3.26. The van der Waals surface area contributed by atoms with Crippen LogP contribution in [0.4, 0.5) is 0 Å². The molecule has 5 nitrogen and oxygen atoms in total. The summed E-state index contributed by atoms with van der Waals surface area (Å²) in [6, 6.07) is 0.0234. The third-order valence-corrected chi connectivity index (χ3v) is 4.31. The molecule has 1 saturated carbocycles. The van der Waals surface area contributed by atoms with Crippen LogP contribution in [-0.2, 0) is 14.3 Å². The monoisotopic (exact) mass is 268 g/mol. The Morgan fingerprint density at radius 1 is 1.21 bits per heavy atom. The van der Waals surface area contributed by atoms with Gasteiger partial charge in [-0.1, -0.05) is 6.42 Å². The van der Waals surface area contributed by atoms with E-state index in [-0.39, 0.29) is 29.8 Å². The smallest absolute Gasteiger partial charge is 0.309 e. The summed E-state index contributed by atoms with van der Waals surface area (Å²) in [5.41, 5.74) is 5.98. The average molecular weight is 268 g/mol. The number of piperidine rings is 1. The minimum Gasteiger partial charge on any atom is -0.466 e. The molecule has 1 saturated heterocycles. The summed E-state index contributed by atoms with van der Waals surface area (Å²) in [4.78, 5) is 25.9. The normalized spacial score (nSPS) is 28.4. The minimum absolute atomic E-state index is 0.000793. The van der Waals surface area contributed by atoms with E-state index < -0.39 is 0 Å². The second kappa shape index (κ2) is 6.37. The van der Waals surface area contributed by atoms with Crippen molar-refractivity contribution >= 4 is 11.9 Å². The van der Waals surface area contributed by atoms with Crippen molar-refractivity contribution in [2.75, 3.05) is 19.7 Å². The van der Waals surface area contributed by atoms with Gasteiger partial charge in [-0.25, -0.2) is 0 Å². The number of nitrogens with two attached hydrogens (primary N) is 1. The highest BCUT2D eigenvalue weighted by Crippen LogP contribution is 2.28. The van der Waals surface area contributed by atoms with Gasteiger partial charge in [0, 0.05) is 19.1 Å². The Labute approximate surface area is 114 Å². The van der Waals surface area contributed by atoms with Gasteiger partial charge in [0.05, 0.1) is 18.4 Å². The fourth-order valence-corrected chi connectivity index (χ4v) is 3.13. The molecule has 0 aromatic rings. The molecule has 1 amide bonds. The molecule has 5 heteroatoms. The quantitative estimate of drug-likeness (QED) is 0.772. The molecule has 108 valence electrons. The van der Waals surface area contributed by atoms with Crippen molar-refractivity contribution < 1.29 is 14.3 Å². The summed E-state index contributed by atoms with van der Waals surface area (Å²) in [7, 11) is 0. The summed E-state index contributed by atoms with van der Waals surface area (Å²) >= 11 is 0. The predicted molar refractivity (Wildman–Crippen MR) is 71.3 cm³/mol. The Bertz CT molecular complexity index is 338. The molecule has 19 heavy (non-hydrogen) atoms. The van der Waals surface area contributed by atoms with E-state index in [4.69, 9.17) is 10.5 Å². The number of hydrogen-bond donors (Lipinski definition) is 1. The lowest BCUT2D eigenvalue weighted by Crippen LogP contribution is -2.46. The van der Waals surface area contributed by atoms with E-state index in [2.05, 4.69) is 0 Å². The van der Waals surface area contributed by atoms with Crippen LogP contribution in [0.2, 0.25) is 0 Å². The fourth-order valence-electron chi connectivity index (χ4n) is 3.13. The Hall–Kier alpha value is -1.10. The number of hydrogen-bond acceptors (Lipinski definition) is 4. The zero-order valence-electron chi connectivity index (χ0n) is 11.6. The van der Waals surface area contributed by atoms with Gasteiger partial charge < -0.3 is 15.4 Å². The van der Waals surface area contributed by atoms with Gasteiger partial charge in [0.15, 0.2) is 0 Å². The number of likely N-dealkylation sites (tertiary alicyclic amines) is 1. The second-order valence-electron chi connectivity index (χ2n) is 5.55. The number of nitrogens with zero attached hydrogens (tertiary/aromatic N) is 1. The Morgan fingerprint density at radius 2 is 1.89 bits per heavy atom. The maximum Gasteiger partial charge on any atom is 0.309 e. The van der Waals surface area contributed by atoms with Crippen LogP contribution in [0.15, 0.2) is 0 Å². The van der Waals surface area contributed by atoms with Crippen molar-refractivity contribution in [3.05, 3.63) is 0 Å². The van der Waals surface area contributed by atoms with Crippen molar-refractivity contribution in [3.63, 3.8) is 0 Å². The summed E-state index contributed by atoms with van der Waals surface area (Å²) < 4.78 is 5.03. The maximum atomic E-state index is 12.3. The summed E-state index contributed by atoms with van der Waals surface area (Å²) in [6.45, 7) is 3.56. The summed E-state index contributed by atoms with van der Waals surface area (Å²) in [5, 5.41) is 0. The minimum atomic E-state index is -0.118. The van der Waals surface area contributed by atoms with Gasteiger partial charge in [0.1, 0.15) is 0 Å². The van der Waals surface area contributed by atoms with Crippen molar-refractivity contribution in [2.45, 2.75) is 45.1 Å². The highest BCUT2D eigenvalue weighted by molar-refractivity contribution is 5.80. The van der Waals surface area contributed by atoms with Gasteiger partial charge >= 0.3 is 5.97 Å². The number of amides is 1. The highest BCUT2D eigenvalue weighted by atomic mass is 16.5. The van der Waals surface area contributed by atoms with Gasteiger partial charge in [0.2, 0.25) is 5.91 Å². The van der Waals surface area contributed by atoms with Crippen LogP contribution in [0.25, 0.3) is 0 Å². The lowest BCUT2D eigenvalue weighted by molar-refractivity contribution is -0.151. The van der Waals surface area contributed by atoms with Crippen LogP contribution >= 0.6 is 0 Å². The van der Waals surface area contributed by atoms with Crippen LogP contribution in [-0.4, -0.2) is 42.5 Å². The van der Waals surface area contributed by atoms with E-state index >= 15 is 0 Å². The topological polar surface area (TPSA) is 72.6 Å². The molecule has 0 radical (unpaired) electrons. The molecule has 0 aromatic carbocycles. The molecule has 2 fully saturated rings. The van der Waals surface area contributed by atoms with Crippen LogP contribution in [0, 0.1) is 11.8 Å². The third-order valence-electron chi connectivity index (χ3n) is 4.31. The number of carbonyl (C=O) groups excluding carboxylic acids is 2. The Kier molecular flexibility index (Phi) is 4.80. The first-order valence-corrected chi connectivity index (χ1v) is 7.34. The average Bonchev–Trinajstić information content (AvgIpc) is 2.84. The van der Waals surface area contributed by atoms with Crippen molar-refractivity contribution in [3.8, 4) is 0 Å². The van der Waals surface area contributed by atoms with Crippen molar-refractivity contribution in [2.24, 2.45) is 17.6 Å². The molecule has 2 N–H and O–H groups in total. The molecule has 2 atom stereocenters. The maximum absolute atomic E-state index is 12.3. The fraction of sp³-hybridized carbons (Fsp3) is 0.857. The molecule has 1 heterocycles. The van der Waals surface area contributed by atoms with E-state index in [1.54, 1.807) is 0 Å². The number of carbonyl (C=O) groups is 2. The molecule has 2 unspecified atom stereocenters. The number of esters is 1. The summed E-state index contributed by atoms with van der Waals surface area (Å²) in [5.74, 6) is 0.0277. The standard InChI is InChI=1S/C14H24N2O3/c1-2-19-14(18)10-6-8-16(9-7-10)13(17)11-4-3-5-12(11)15/h10-12H,2-9,15H2,1H3. The van der Waals surface area contributed by atoms with Crippen molar-refractivity contribution in [1.82, 2.24) is 4.90 Å². The van der Waals surface area contributed by atoms with Crippen LogP contribution in [0.3, 0.4) is 0 Å². The molecule has 0 aromatic heterocycles. The van der Waals surface area contributed by atoms with Gasteiger partial charge in [-0.05, 0) is 32.6 Å². The zero-order chi connectivity index (χ0) is 13.8. The van der Waals surface area contributed by atoms with E-state index in [0.717, 1.165) is 19.3 Å². The molecule has 0 bridgehead atoms. The van der Waals surface area contributed by atoms with Crippen molar-refractivity contribution in [1.29, 1.82) is 0 Å². The molecule has 1 aliphatic heterocycles. The number of ether oxygens (including phenoxy) is 1. The number of rotatable bonds is 3. The summed E-state index contributed by atoms with van der Waals surface area (Å²) in [6.07, 6.45) is 4.35. The lowest BCUT2D eigenvalue weighted by Gasteiger charge is -2.33. The second-order valence-corrected chi connectivity index (χ2v) is 5.55. The first kappa shape index (κ1) is 14.3. The molecule has 1 aliphatic carbocycles. The van der Waals surface area contributed by atoms with E-state index in [1.807, 2.05) is 11.8 Å². The van der Waals surface area contributed by atoms with E-state index in [9.17, 15) is 9.59 Å². The molecular formula is C14H24N2O3. The largest absolute Gasteiger partial charge is 0.466 e. The van der Waals surface area contributed by atoms with Gasteiger partial charge in [-0.2, -0.15) is 0 Å². The zero-order valence-corrected chi connectivity index (χ0v) is 11.6. The Morgan fingerprint density at radius 3 is 2.42 bits per heavy atom. The van der Waals surface area contributed by atoms with E-state index in [1.165, 1.54) is 0 Å². The Balaban J connectivity index is 1.82. The molecule has 2 aliphatic rings. The first-order valence-electron chi connectivity index (χ1n) is 7.34. The predicted octanol–water partition coefficient (Wildman–Crippen LogP) is 0.915. The molecular weight excluding hydrogens is 244 g/mol.